The fraction of sp³-hybridized carbons (Fsp3) is 0.318. The van der Waals surface area contributed by atoms with Crippen LogP contribution in [0.15, 0.2) is 47.0 Å². The molecule has 2 heterocycles. The molecule has 1 unspecified atom stereocenters. The van der Waals surface area contributed by atoms with E-state index in [4.69, 9.17) is 9.26 Å². The summed E-state index contributed by atoms with van der Waals surface area (Å²) in [6.45, 7) is 5.96. The maximum absolute atomic E-state index is 13.4. The smallest absolute Gasteiger partial charge is 0.327 e. The van der Waals surface area contributed by atoms with Crippen molar-refractivity contribution < 1.29 is 14.1 Å². The number of anilines is 2. The van der Waals surface area contributed by atoms with Crippen molar-refractivity contribution in [1.29, 1.82) is 0 Å². The molecule has 150 valence electrons. The average molecular weight is 392 g/mol. The predicted octanol–water partition coefficient (Wildman–Crippen LogP) is 4.85. The molecule has 7 heteroatoms. The van der Waals surface area contributed by atoms with Gasteiger partial charge in [-0.1, -0.05) is 43.3 Å². The molecule has 2 amide bonds. The van der Waals surface area contributed by atoms with E-state index in [-0.39, 0.29) is 18.0 Å². The van der Waals surface area contributed by atoms with Crippen LogP contribution in [0.4, 0.5) is 16.2 Å². The van der Waals surface area contributed by atoms with E-state index >= 15 is 0 Å². The summed E-state index contributed by atoms with van der Waals surface area (Å²) >= 11 is 0. The van der Waals surface area contributed by atoms with Crippen LogP contribution in [0.2, 0.25) is 0 Å². The number of carbonyl (C=O) groups excluding carboxylic acids is 1. The predicted molar refractivity (Wildman–Crippen MR) is 111 cm³/mol. The van der Waals surface area contributed by atoms with Gasteiger partial charge in [-0.3, -0.25) is 4.90 Å². The second kappa shape index (κ2) is 7.58. The molecule has 1 aliphatic heterocycles. The standard InChI is InChI=1S/C22H24N4O3/c1-13(2)21-24-20(25-29-21)18-12-15-7-5-6-8-17(15)26(18)22(27)23-16-11-14(3)9-10-19(16)28-4/h5-11,13,18H,12H2,1-4H3,(H,23,27). The summed E-state index contributed by atoms with van der Waals surface area (Å²) in [5.41, 5.74) is 3.56. The van der Waals surface area contributed by atoms with Gasteiger partial charge in [-0.25, -0.2) is 4.79 Å². The zero-order chi connectivity index (χ0) is 20.5. The van der Waals surface area contributed by atoms with Crippen LogP contribution >= 0.6 is 0 Å². The van der Waals surface area contributed by atoms with Gasteiger partial charge in [0.1, 0.15) is 11.8 Å². The lowest BCUT2D eigenvalue weighted by molar-refractivity contribution is 0.255. The van der Waals surface area contributed by atoms with Gasteiger partial charge in [0.2, 0.25) is 5.89 Å². The molecule has 3 aromatic rings. The third kappa shape index (κ3) is 3.55. The Morgan fingerprint density at radius 1 is 1.28 bits per heavy atom. The molecule has 0 saturated carbocycles. The molecule has 2 aromatic carbocycles. The van der Waals surface area contributed by atoms with Gasteiger partial charge < -0.3 is 14.6 Å². The van der Waals surface area contributed by atoms with Gasteiger partial charge in [-0.15, -0.1) is 0 Å². The van der Waals surface area contributed by atoms with Gasteiger partial charge in [0.15, 0.2) is 5.82 Å². The second-order valence-corrected chi connectivity index (χ2v) is 7.50. The zero-order valence-electron chi connectivity index (χ0n) is 17.0. The minimum absolute atomic E-state index is 0.124. The van der Waals surface area contributed by atoms with Gasteiger partial charge in [-0.05, 0) is 36.2 Å². The van der Waals surface area contributed by atoms with Crippen LogP contribution in [0.25, 0.3) is 0 Å². The zero-order valence-corrected chi connectivity index (χ0v) is 17.0. The molecule has 0 fully saturated rings. The Balaban J connectivity index is 1.69. The van der Waals surface area contributed by atoms with E-state index < -0.39 is 0 Å². The van der Waals surface area contributed by atoms with E-state index in [9.17, 15) is 4.79 Å². The largest absolute Gasteiger partial charge is 0.495 e. The van der Waals surface area contributed by atoms with Crippen molar-refractivity contribution >= 4 is 17.4 Å². The number of benzene rings is 2. The van der Waals surface area contributed by atoms with Gasteiger partial charge in [-0.2, -0.15) is 4.98 Å². The number of aryl methyl sites for hydroxylation is 1. The first-order valence-corrected chi connectivity index (χ1v) is 9.64. The van der Waals surface area contributed by atoms with E-state index in [0.717, 1.165) is 16.8 Å². The summed E-state index contributed by atoms with van der Waals surface area (Å²) in [6, 6.07) is 12.9. The third-order valence-corrected chi connectivity index (χ3v) is 5.04. The number of urea groups is 1. The summed E-state index contributed by atoms with van der Waals surface area (Å²) in [5.74, 6) is 1.81. The lowest BCUT2D eigenvalue weighted by Gasteiger charge is -2.24. The number of nitrogens with zero attached hydrogens (tertiary/aromatic N) is 3. The van der Waals surface area contributed by atoms with Crippen molar-refractivity contribution in [1.82, 2.24) is 10.1 Å². The maximum Gasteiger partial charge on any atom is 0.327 e. The summed E-state index contributed by atoms with van der Waals surface area (Å²) in [4.78, 5) is 19.6. The molecule has 1 N–H and O–H groups in total. The molecule has 0 radical (unpaired) electrons. The number of amides is 2. The van der Waals surface area contributed by atoms with E-state index in [2.05, 4.69) is 15.5 Å². The van der Waals surface area contributed by atoms with Gasteiger partial charge >= 0.3 is 6.03 Å². The van der Waals surface area contributed by atoms with Crippen LogP contribution in [-0.4, -0.2) is 23.3 Å². The first kappa shape index (κ1) is 19.0. The van der Waals surface area contributed by atoms with Crippen LogP contribution in [0, 0.1) is 6.92 Å². The highest BCUT2D eigenvalue weighted by molar-refractivity contribution is 6.04. The number of ether oxygens (including phenoxy) is 1. The van der Waals surface area contributed by atoms with Crippen molar-refractivity contribution in [3.05, 3.63) is 65.3 Å². The van der Waals surface area contributed by atoms with E-state index in [1.165, 1.54) is 0 Å². The summed E-state index contributed by atoms with van der Waals surface area (Å²) < 4.78 is 10.8. The highest BCUT2D eigenvalue weighted by Gasteiger charge is 2.38. The van der Waals surface area contributed by atoms with Gasteiger partial charge in [0, 0.05) is 18.0 Å². The number of hydrogen-bond acceptors (Lipinski definition) is 5. The Kier molecular flexibility index (Phi) is 4.96. The number of methoxy groups -OCH3 is 1. The van der Waals surface area contributed by atoms with Crippen molar-refractivity contribution in [2.45, 2.75) is 39.2 Å². The summed E-state index contributed by atoms with van der Waals surface area (Å²) in [7, 11) is 1.58. The number of carbonyl (C=O) groups is 1. The molecule has 4 rings (SSSR count). The highest BCUT2D eigenvalue weighted by Crippen LogP contribution is 2.40. The van der Waals surface area contributed by atoms with Crippen LogP contribution in [-0.2, 0) is 6.42 Å². The van der Waals surface area contributed by atoms with Gasteiger partial charge in [0.25, 0.3) is 0 Å². The molecule has 0 spiro atoms. The SMILES string of the molecule is COc1ccc(C)cc1NC(=O)N1c2ccccc2CC1c1noc(C(C)C)n1. The number of fused-ring (bicyclic) bond motifs is 1. The monoisotopic (exact) mass is 392 g/mol. The normalized spacial score (nSPS) is 15.5. The Morgan fingerprint density at radius 2 is 2.07 bits per heavy atom. The molecule has 1 aliphatic rings. The molecule has 0 saturated heterocycles. The topological polar surface area (TPSA) is 80.5 Å². The molecular weight excluding hydrogens is 368 g/mol. The number of para-hydroxylation sites is 1. The molecule has 0 bridgehead atoms. The first-order valence-electron chi connectivity index (χ1n) is 9.64. The fourth-order valence-electron chi connectivity index (χ4n) is 3.56. The summed E-state index contributed by atoms with van der Waals surface area (Å²) in [6.07, 6.45) is 0.631. The molecular formula is C22H24N4O3. The van der Waals surface area contributed by atoms with Gasteiger partial charge in [0.05, 0.1) is 12.8 Å². The minimum Gasteiger partial charge on any atom is -0.495 e. The van der Waals surface area contributed by atoms with Crippen LogP contribution in [0.1, 0.15) is 48.6 Å². The first-order chi connectivity index (χ1) is 14.0. The highest BCUT2D eigenvalue weighted by atomic mass is 16.5. The molecule has 1 aromatic heterocycles. The molecule has 1 atom stereocenters. The number of rotatable bonds is 4. The van der Waals surface area contributed by atoms with E-state index in [1.807, 2.05) is 63.2 Å². The van der Waals surface area contributed by atoms with Crippen LogP contribution < -0.4 is 15.0 Å². The lowest BCUT2D eigenvalue weighted by Crippen LogP contribution is -2.36. The fourth-order valence-corrected chi connectivity index (χ4v) is 3.56. The minimum atomic E-state index is -0.334. The molecule has 29 heavy (non-hydrogen) atoms. The second-order valence-electron chi connectivity index (χ2n) is 7.50. The number of hydrogen-bond donors (Lipinski definition) is 1. The maximum atomic E-state index is 13.4. The van der Waals surface area contributed by atoms with Crippen molar-refractivity contribution in [3.63, 3.8) is 0 Å². The molecule has 7 nitrogen and oxygen atoms in total. The van der Waals surface area contributed by atoms with Crippen molar-refractivity contribution in [3.8, 4) is 5.75 Å². The lowest BCUT2D eigenvalue weighted by atomic mass is 10.1. The summed E-state index contributed by atoms with van der Waals surface area (Å²) in [5, 5.41) is 7.15. The quantitative estimate of drug-likeness (QED) is 0.687. The third-order valence-electron chi connectivity index (χ3n) is 5.04. The Labute approximate surface area is 169 Å². The number of nitrogens with one attached hydrogen (secondary N) is 1. The number of aromatic nitrogens is 2. The Bertz CT molecular complexity index is 1040. The average Bonchev–Trinajstić information content (AvgIpc) is 3.33. The van der Waals surface area contributed by atoms with E-state index in [0.29, 0.717) is 29.6 Å². The van der Waals surface area contributed by atoms with Crippen molar-refractivity contribution in [2.24, 2.45) is 0 Å². The Morgan fingerprint density at radius 3 is 2.79 bits per heavy atom. The van der Waals surface area contributed by atoms with Crippen LogP contribution in [0.5, 0.6) is 5.75 Å². The molecule has 0 aliphatic carbocycles. The Hall–Kier alpha value is -3.35. The van der Waals surface area contributed by atoms with Crippen molar-refractivity contribution in [2.75, 3.05) is 17.3 Å². The van der Waals surface area contributed by atoms with E-state index in [1.54, 1.807) is 12.0 Å². The van der Waals surface area contributed by atoms with Crippen LogP contribution in [0.3, 0.4) is 0 Å².